The number of nitrogens with one attached hydrogen (secondary N) is 1. The third kappa shape index (κ3) is 2.60. The number of nitrogens with two attached hydrogens (primary N) is 1. The van der Waals surface area contributed by atoms with Crippen molar-refractivity contribution in [3.8, 4) is 5.75 Å². The molecule has 2 aromatic rings. The first kappa shape index (κ1) is 13.2. The third-order valence-electron chi connectivity index (χ3n) is 2.46. The molecule has 0 aliphatic rings. The van der Waals surface area contributed by atoms with Crippen LogP contribution in [-0.2, 0) is 0 Å². The Hall–Kier alpha value is -2.28. The molecule has 7 nitrogen and oxygen atoms in total. The van der Waals surface area contributed by atoms with Crippen LogP contribution in [0.5, 0.6) is 5.75 Å². The number of hydrogen-bond donors (Lipinski definition) is 2. The number of anilines is 2. The lowest BCUT2D eigenvalue weighted by molar-refractivity contribution is 0.101. The molecule has 0 fully saturated rings. The van der Waals surface area contributed by atoms with Crippen LogP contribution in [0.1, 0.15) is 16.1 Å². The highest BCUT2D eigenvalue weighted by atomic mass is 35.5. The maximum Gasteiger partial charge on any atom is 0.281 e. The van der Waals surface area contributed by atoms with Crippen molar-refractivity contribution < 1.29 is 14.2 Å². The molecule has 1 aromatic carbocycles. The highest BCUT2D eigenvalue weighted by Crippen LogP contribution is 2.31. The molecule has 0 saturated carbocycles. The average molecular weight is 283 g/mol. The van der Waals surface area contributed by atoms with Gasteiger partial charge in [-0.3, -0.25) is 4.79 Å². The van der Waals surface area contributed by atoms with E-state index in [0.717, 1.165) is 5.56 Å². The summed E-state index contributed by atoms with van der Waals surface area (Å²) in [6.07, 6.45) is 0. The van der Waals surface area contributed by atoms with Crippen LogP contribution in [0.25, 0.3) is 0 Å². The number of benzene rings is 1. The molecule has 1 heterocycles. The van der Waals surface area contributed by atoms with Crippen LogP contribution in [-0.4, -0.2) is 23.3 Å². The summed E-state index contributed by atoms with van der Waals surface area (Å²) in [6.45, 7) is 1.81. The molecule has 0 atom stereocenters. The van der Waals surface area contributed by atoms with E-state index in [2.05, 4.69) is 20.3 Å². The van der Waals surface area contributed by atoms with Gasteiger partial charge in [0.2, 0.25) is 11.5 Å². The minimum atomic E-state index is -0.543. The Morgan fingerprint density at radius 2 is 2.21 bits per heavy atom. The van der Waals surface area contributed by atoms with E-state index in [9.17, 15) is 4.79 Å². The van der Waals surface area contributed by atoms with Crippen molar-refractivity contribution >= 4 is 29.0 Å². The third-order valence-corrected chi connectivity index (χ3v) is 2.87. The Labute approximate surface area is 113 Å². The molecule has 0 spiro atoms. The summed E-state index contributed by atoms with van der Waals surface area (Å²) in [5.41, 5.74) is 6.60. The number of aromatic nitrogens is 2. The first-order valence-electron chi connectivity index (χ1n) is 5.26. The summed E-state index contributed by atoms with van der Waals surface area (Å²) >= 11 is 5.98. The number of ether oxygens (including phenoxy) is 1. The standard InChI is InChI=1S/C11H11ClN4O3/c1-5-3-7(8(18-2)4-6(5)12)14-11(17)9-10(13)16-19-15-9/h3-4H,1-2H3,(H2,13,16)(H,14,17). The fourth-order valence-corrected chi connectivity index (χ4v) is 1.62. The SMILES string of the molecule is COc1cc(Cl)c(C)cc1NC(=O)c1nonc1N. The van der Waals surface area contributed by atoms with Crippen LogP contribution in [0.4, 0.5) is 11.5 Å². The van der Waals surface area contributed by atoms with Crippen molar-refractivity contribution in [2.45, 2.75) is 6.92 Å². The van der Waals surface area contributed by atoms with Gasteiger partial charge in [-0.2, -0.15) is 0 Å². The highest BCUT2D eigenvalue weighted by molar-refractivity contribution is 6.31. The summed E-state index contributed by atoms with van der Waals surface area (Å²) in [4.78, 5) is 11.9. The van der Waals surface area contributed by atoms with Gasteiger partial charge in [-0.15, -0.1) is 0 Å². The molecule has 0 saturated heterocycles. The van der Waals surface area contributed by atoms with Gasteiger partial charge in [0.25, 0.3) is 5.91 Å². The Morgan fingerprint density at radius 3 is 2.79 bits per heavy atom. The van der Waals surface area contributed by atoms with Crippen LogP contribution in [0, 0.1) is 6.92 Å². The molecule has 1 aromatic heterocycles. The second-order valence-electron chi connectivity index (χ2n) is 3.75. The number of carbonyl (C=O) groups is 1. The molecule has 1 amide bonds. The monoisotopic (exact) mass is 282 g/mol. The minimum absolute atomic E-state index is 0.0813. The number of amides is 1. The quantitative estimate of drug-likeness (QED) is 0.891. The molecule has 0 bridgehead atoms. The highest BCUT2D eigenvalue weighted by Gasteiger charge is 2.18. The van der Waals surface area contributed by atoms with Gasteiger partial charge in [0.05, 0.1) is 12.8 Å². The number of rotatable bonds is 3. The fraction of sp³-hybridized carbons (Fsp3) is 0.182. The second-order valence-corrected chi connectivity index (χ2v) is 4.16. The topological polar surface area (TPSA) is 103 Å². The van der Waals surface area contributed by atoms with E-state index in [-0.39, 0.29) is 11.5 Å². The zero-order valence-corrected chi connectivity index (χ0v) is 11.0. The van der Waals surface area contributed by atoms with Gasteiger partial charge in [0, 0.05) is 11.1 Å². The first-order valence-corrected chi connectivity index (χ1v) is 5.64. The number of hydrogen-bond acceptors (Lipinski definition) is 6. The molecule has 0 aliphatic carbocycles. The molecule has 0 aliphatic heterocycles. The maximum absolute atomic E-state index is 11.9. The van der Waals surface area contributed by atoms with E-state index in [0.29, 0.717) is 16.5 Å². The molecule has 3 N–H and O–H groups in total. The molecule has 100 valence electrons. The van der Waals surface area contributed by atoms with Gasteiger partial charge in [-0.25, -0.2) is 4.63 Å². The van der Waals surface area contributed by atoms with Gasteiger partial charge in [0.1, 0.15) is 5.75 Å². The van der Waals surface area contributed by atoms with Crippen molar-refractivity contribution in [2.75, 3.05) is 18.2 Å². The van der Waals surface area contributed by atoms with Crippen LogP contribution in [0.15, 0.2) is 16.8 Å². The summed E-state index contributed by atoms with van der Waals surface area (Å²) in [5.74, 6) is -0.195. The zero-order valence-electron chi connectivity index (χ0n) is 10.2. The lowest BCUT2D eigenvalue weighted by atomic mass is 10.2. The number of halogens is 1. The van der Waals surface area contributed by atoms with E-state index >= 15 is 0 Å². The molecule has 0 unspecified atom stereocenters. The number of nitrogen functional groups attached to an aromatic ring is 1. The van der Waals surface area contributed by atoms with Gasteiger partial charge in [-0.05, 0) is 28.9 Å². The number of nitrogens with zero attached hydrogens (tertiary/aromatic N) is 2. The predicted molar refractivity (Wildman–Crippen MR) is 69.4 cm³/mol. The van der Waals surface area contributed by atoms with Crippen molar-refractivity contribution in [2.24, 2.45) is 0 Å². The Bertz CT molecular complexity index is 626. The van der Waals surface area contributed by atoms with E-state index in [1.807, 2.05) is 6.92 Å². The van der Waals surface area contributed by atoms with Crippen LogP contribution >= 0.6 is 11.6 Å². The normalized spacial score (nSPS) is 10.3. The summed E-state index contributed by atoms with van der Waals surface area (Å²) < 4.78 is 9.51. The van der Waals surface area contributed by atoms with Crippen LogP contribution in [0.2, 0.25) is 5.02 Å². The van der Waals surface area contributed by atoms with E-state index in [1.54, 1.807) is 12.1 Å². The lowest BCUT2D eigenvalue weighted by Gasteiger charge is -2.11. The van der Waals surface area contributed by atoms with Crippen molar-refractivity contribution in [1.82, 2.24) is 10.3 Å². The predicted octanol–water partition coefficient (Wildman–Crippen LogP) is 1.87. The van der Waals surface area contributed by atoms with E-state index in [1.165, 1.54) is 7.11 Å². The number of methoxy groups -OCH3 is 1. The van der Waals surface area contributed by atoms with E-state index in [4.69, 9.17) is 22.1 Å². The Kier molecular flexibility index (Phi) is 3.57. The zero-order chi connectivity index (χ0) is 14.0. The number of carbonyl (C=O) groups excluding carboxylic acids is 1. The van der Waals surface area contributed by atoms with Gasteiger partial charge in [0.15, 0.2) is 0 Å². The Balaban J connectivity index is 2.31. The minimum Gasteiger partial charge on any atom is -0.495 e. The van der Waals surface area contributed by atoms with Crippen molar-refractivity contribution in [1.29, 1.82) is 0 Å². The second kappa shape index (κ2) is 5.15. The van der Waals surface area contributed by atoms with Crippen LogP contribution < -0.4 is 15.8 Å². The van der Waals surface area contributed by atoms with E-state index < -0.39 is 5.91 Å². The van der Waals surface area contributed by atoms with Crippen LogP contribution in [0.3, 0.4) is 0 Å². The molecule has 19 heavy (non-hydrogen) atoms. The molecule has 8 heteroatoms. The van der Waals surface area contributed by atoms with Gasteiger partial charge in [-0.1, -0.05) is 11.6 Å². The van der Waals surface area contributed by atoms with Crippen molar-refractivity contribution in [3.05, 3.63) is 28.4 Å². The molecular formula is C11H11ClN4O3. The van der Waals surface area contributed by atoms with Crippen molar-refractivity contribution in [3.63, 3.8) is 0 Å². The number of aryl methyl sites for hydroxylation is 1. The van der Waals surface area contributed by atoms with Gasteiger partial charge >= 0.3 is 0 Å². The maximum atomic E-state index is 11.9. The largest absolute Gasteiger partial charge is 0.495 e. The Morgan fingerprint density at radius 1 is 1.47 bits per heavy atom. The molecule has 2 rings (SSSR count). The smallest absolute Gasteiger partial charge is 0.281 e. The average Bonchev–Trinajstić information content (AvgIpc) is 2.79. The molecular weight excluding hydrogens is 272 g/mol. The fourth-order valence-electron chi connectivity index (χ4n) is 1.46. The first-order chi connectivity index (χ1) is 9.02. The summed E-state index contributed by atoms with van der Waals surface area (Å²) in [7, 11) is 1.47. The van der Waals surface area contributed by atoms with Gasteiger partial charge < -0.3 is 15.8 Å². The molecule has 0 radical (unpaired) electrons. The summed E-state index contributed by atoms with van der Waals surface area (Å²) in [6, 6.07) is 3.29. The lowest BCUT2D eigenvalue weighted by Crippen LogP contribution is -2.15. The summed E-state index contributed by atoms with van der Waals surface area (Å²) in [5, 5.41) is 9.90.